The third-order valence-corrected chi connectivity index (χ3v) is 5.14. The third-order valence-electron chi connectivity index (χ3n) is 3.00. The second kappa shape index (κ2) is 5.57. The summed E-state index contributed by atoms with van der Waals surface area (Å²) in [6.07, 6.45) is 0.924. The van der Waals surface area contributed by atoms with Crippen LogP contribution >= 0.6 is 7.14 Å². The third kappa shape index (κ3) is 3.35. The summed E-state index contributed by atoms with van der Waals surface area (Å²) in [6, 6.07) is -0.958. The molecule has 0 aliphatic carbocycles. The normalized spacial score (nSPS) is 23.8. The Morgan fingerprint density at radius 1 is 1.56 bits per heavy atom. The highest BCUT2D eigenvalue weighted by molar-refractivity contribution is 7.63. The lowest BCUT2D eigenvalue weighted by Crippen LogP contribution is -2.40. The van der Waals surface area contributed by atoms with Gasteiger partial charge in [0.1, 0.15) is 12.6 Å². The number of likely N-dealkylation sites (tertiary alicyclic amines) is 1. The maximum Gasteiger partial charge on any atom is 0.410 e. The summed E-state index contributed by atoms with van der Waals surface area (Å²) in [5, 5.41) is 9.08. The zero-order valence-corrected chi connectivity index (χ0v) is 11.4. The van der Waals surface area contributed by atoms with Gasteiger partial charge in [0, 0.05) is 12.2 Å². The van der Waals surface area contributed by atoms with Gasteiger partial charge in [-0.1, -0.05) is 12.7 Å². The van der Waals surface area contributed by atoms with Gasteiger partial charge >= 0.3 is 12.1 Å². The molecule has 0 saturated carbocycles. The molecule has 1 aliphatic heterocycles. The van der Waals surface area contributed by atoms with Crippen molar-refractivity contribution in [1.29, 1.82) is 0 Å². The van der Waals surface area contributed by atoms with Crippen LogP contribution < -0.4 is 0 Å². The van der Waals surface area contributed by atoms with Crippen molar-refractivity contribution in [1.82, 2.24) is 4.90 Å². The summed E-state index contributed by atoms with van der Waals surface area (Å²) < 4.78 is 16.8. The number of ether oxygens (including phenoxy) is 1. The predicted molar refractivity (Wildman–Crippen MR) is 67.5 cm³/mol. The minimum Gasteiger partial charge on any atom is -0.480 e. The van der Waals surface area contributed by atoms with Gasteiger partial charge < -0.3 is 14.4 Å². The van der Waals surface area contributed by atoms with E-state index in [1.165, 1.54) is 6.08 Å². The van der Waals surface area contributed by atoms with E-state index in [2.05, 4.69) is 6.58 Å². The quantitative estimate of drug-likeness (QED) is 0.620. The largest absolute Gasteiger partial charge is 0.480 e. The maximum absolute atomic E-state index is 12.0. The van der Waals surface area contributed by atoms with Crippen molar-refractivity contribution in [3.63, 3.8) is 0 Å². The molecule has 0 aromatic heterocycles. The van der Waals surface area contributed by atoms with Crippen molar-refractivity contribution in [3.05, 3.63) is 12.7 Å². The Bertz CT molecular complexity index is 402. The van der Waals surface area contributed by atoms with Crippen LogP contribution in [0.1, 0.15) is 6.42 Å². The van der Waals surface area contributed by atoms with Crippen molar-refractivity contribution < 1.29 is 24.0 Å². The molecule has 0 aromatic carbocycles. The number of hydrogen-bond acceptors (Lipinski definition) is 4. The van der Waals surface area contributed by atoms with Crippen LogP contribution in [0.25, 0.3) is 0 Å². The Morgan fingerprint density at radius 2 is 2.17 bits per heavy atom. The number of rotatable bonds is 4. The molecule has 7 heteroatoms. The number of nitrogens with zero attached hydrogens (tertiary/aromatic N) is 1. The zero-order valence-electron chi connectivity index (χ0n) is 10.5. The Morgan fingerprint density at radius 3 is 2.61 bits per heavy atom. The molecule has 1 rings (SSSR count). The molecule has 0 unspecified atom stereocenters. The number of amides is 1. The molecule has 0 spiro atoms. The predicted octanol–water partition coefficient (Wildman–Crippen LogP) is 1.46. The second-order valence-corrected chi connectivity index (χ2v) is 8.29. The minimum absolute atomic E-state index is 0.0300. The first-order valence-corrected chi connectivity index (χ1v) is 8.26. The number of carbonyl (C=O) groups excluding carboxylic acids is 1. The van der Waals surface area contributed by atoms with Gasteiger partial charge in [0.2, 0.25) is 0 Å². The van der Waals surface area contributed by atoms with E-state index in [0.29, 0.717) is 0 Å². The Hall–Kier alpha value is -1.29. The molecule has 1 aliphatic rings. The van der Waals surface area contributed by atoms with E-state index in [4.69, 9.17) is 9.84 Å². The zero-order chi connectivity index (χ0) is 13.9. The lowest BCUT2D eigenvalue weighted by Gasteiger charge is -2.20. The lowest BCUT2D eigenvalue weighted by atomic mass is 10.2. The fourth-order valence-corrected chi connectivity index (χ4v) is 3.19. The molecular formula is C11H18NO5P. The van der Waals surface area contributed by atoms with Crippen molar-refractivity contribution >= 4 is 19.2 Å². The first-order valence-electron chi connectivity index (χ1n) is 5.59. The number of carbonyl (C=O) groups is 2. The van der Waals surface area contributed by atoms with Crippen LogP contribution in [0, 0.1) is 0 Å². The monoisotopic (exact) mass is 275 g/mol. The summed E-state index contributed by atoms with van der Waals surface area (Å²) in [5.74, 6) is -1.10. The summed E-state index contributed by atoms with van der Waals surface area (Å²) >= 11 is 0. The highest BCUT2D eigenvalue weighted by Gasteiger charge is 2.44. The summed E-state index contributed by atoms with van der Waals surface area (Å²) in [7, 11) is -2.43. The molecule has 1 saturated heterocycles. The van der Waals surface area contributed by atoms with Gasteiger partial charge in [-0.3, -0.25) is 4.90 Å². The standard InChI is InChI=1S/C11H18NO5P/c1-4-5-17-11(15)12-7-8(18(2,3)16)6-9(12)10(13)14/h4,8-9H,1,5-7H2,2-3H3,(H,13,14)/t8-,9-/m1/s1. The molecule has 0 bridgehead atoms. The van der Waals surface area contributed by atoms with E-state index < -0.39 is 25.2 Å². The average Bonchev–Trinajstić information content (AvgIpc) is 2.70. The Balaban J connectivity index is 2.82. The van der Waals surface area contributed by atoms with Gasteiger partial charge in [0.05, 0.1) is 7.14 Å². The Kier molecular flexibility index (Phi) is 4.57. The lowest BCUT2D eigenvalue weighted by molar-refractivity contribution is -0.141. The van der Waals surface area contributed by atoms with E-state index in [-0.39, 0.29) is 25.2 Å². The van der Waals surface area contributed by atoms with Crippen molar-refractivity contribution in [2.75, 3.05) is 26.5 Å². The number of carboxylic acids is 1. The van der Waals surface area contributed by atoms with Crippen LogP contribution in [0.4, 0.5) is 4.79 Å². The van der Waals surface area contributed by atoms with Gasteiger partial charge in [0.25, 0.3) is 0 Å². The van der Waals surface area contributed by atoms with Gasteiger partial charge in [-0.15, -0.1) is 0 Å². The molecule has 1 fully saturated rings. The summed E-state index contributed by atoms with van der Waals surface area (Å²) in [6.45, 7) is 6.82. The van der Waals surface area contributed by atoms with Crippen LogP contribution in [-0.4, -0.2) is 60.3 Å². The highest BCUT2D eigenvalue weighted by atomic mass is 31.2. The SMILES string of the molecule is C=CCOC(=O)N1C[C@H](P(C)(C)=O)C[C@@H]1C(=O)O. The fourth-order valence-electron chi connectivity index (χ4n) is 1.91. The van der Waals surface area contributed by atoms with Crippen molar-refractivity contribution in [2.24, 2.45) is 0 Å². The maximum atomic E-state index is 12.0. The molecule has 0 radical (unpaired) electrons. The smallest absolute Gasteiger partial charge is 0.410 e. The van der Waals surface area contributed by atoms with Crippen LogP contribution in [0.2, 0.25) is 0 Å². The fraction of sp³-hybridized carbons (Fsp3) is 0.636. The molecular weight excluding hydrogens is 257 g/mol. The number of aliphatic carboxylic acids is 1. The topological polar surface area (TPSA) is 83.9 Å². The van der Waals surface area contributed by atoms with Gasteiger partial charge in [-0.2, -0.15) is 0 Å². The van der Waals surface area contributed by atoms with Crippen LogP contribution in [0.15, 0.2) is 12.7 Å². The first-order chi connectivity index (χ1) is 8.27. The molecule has 1 amide bonds. The first kappa shape index (κ1) is 14.8. The number of hydrogen-bond donors (Lipinski definition) is 1. The van der Waals surface area contributed by atoms with Gasteiger partial charge in [0.15, 0.2) is 0 Å². The van der Waals surface area contributed by atoms with Crippen LogP contribution in [-0.2, 0) is 14.1 Å². The number of carboxylic acid groups (broad SMARTS) is 1. The molecule has 1 heterocycles. The van der Waals surface area contributed by atoms with E-state index in [0.717, 1.165) is 4.90 Å². The van der Waals surface area contributed by atoms with Crippen molar-refractivity contribution in [2.45, 2.75) is 18.1 Å². The molecule has 2 atom stereocenters. The summed E-state index contributed by atoms with van der Waals surface area (Å²) in [5.41, 5.74) is -0.283. The molecule has 18 heavy (non-hydrogen) atoms. The second-order valence-electron chi connectivity index (χ2n) is 4.70. The van der Waals surface area contributed by atoms with E-state index in [1.54, 1.807) is 13.3 Å². The molecule has 102 valence electrons. The minimum atomic E-state index is -2.43. The van der Waals surface area contributed by atoms with Gasteiger partial charge in [-0.25, -0.2) is 9.59 Å². The van der Waals surface area contributed by atoms with E-state index >= 15 is 0 Å². The molecule has 1 N–H and O–H groups in total. The Labute approximate surface area is 106 Å². The summed E-state index contributed by atoms with van der Waals surface area (Å²) in [4.78, 5) is 23.9. The average molecular weight is 275 g/mol. The van der Waals surface area contributed by atoms with E-state index in [9.17, 15) is 14.2 Å². The highest BCUT2D eigenvalue weighted by Crippen LogP contribution is 2.48. The molecule has 0 aromatic rings. The van der Waals surface area contributed by atoms with Crippen molar-refractivity contribution in [3.8, 4) is 0 Å². The molecule has 6 nitrogen and oxygen atoms in total. The van der Waals surface area contributed by atoms with Gasteiger partial charge in [-0.05, 0) is 19.8 Å². The van der Waals surface area contributed by atoms with Crippen LogP contribution in [0.5, 0.6) is 0 Å². The van der Waals surface area contributed by atoms with E-state index in [1.807, 2.05) is 0 Å². The van der Waals surface area contributed by atoms with Crippen LogP contribution in [0.3, 0.4) is 0 Å².